The van der Waals surface area contributed by atoms with Gasteiger partial charge in [0.25, 0.3) is 0 Å². The van der Waals surface area contributed by atoms with Crippen LogP contribution in [-0.4, -0.2) is 20.8 Å². The summed E-state index contributed by atoms with van der Waals surface area (Å²) in [6.45, 7) is 3.01. The molecule has 1 unspecified atom stereocenters. The number of rotatable bonds is 6. The van der Waals surface area contributed by atoms with Gasteiger partial charge in [-0.3, -0.25) is 4.68 Å². The number of nitrogens with two attached hydrogens (primary N) is 1. The van der Waals surface area contributed by atoms with Crippen molar-refractivity contribution in [2.45, 2.75) is 38.8 Å². The molecule has 1 atom stereocenters. The van der Waals surface area contributed by atoms with Gasteiger partial charge in [0.05, 0.1) is 0 Å². The monoisotopic (exact) mass is 278 g/mol. The minimum atomic E-state index is 0.0262. The molecule has 0 saturated heterocycles. The van der Waals surface area contributed by atoms with Crippen molar-refractivity contribution in [3.8, 4) is 0 Å². The van der Waals surface area contributed by atoms with Crippen molar-refractivity contribution in [2.24, 2.45) is 5.73 Å². The average molecular weight is 279 g/mol. The maximum absolute atomic E-state index is 6.19. The molecule has 2 N–H and O–H groups in total. The molecule has 19 heavy (non-hydrogen) atoms. The van der Waals surface area contributed by atoms with E-state index in [2.05, 4.69) is 17.0 Å². The Kier molecular flexibility index (Phi) is 4.93. The summed E-state index contributed by atoms with van der Waals surface area (Å²) in [5, 5.41) is 4.96. The number of hydrogen-bond acceptors (Lipinski definition) is 3. The molecule has 5 heteroatoms. The van der Waals surface area contributed by atoms with E-state index in [0.29, 0.717) is 0 Å². The molecule has 0 aliphatic heterocycles. The first-order valence-electron chi connectivity index (χ1n) is 6.55. The van der Waals surface area contributed by atoms with Crippen LogP contribution in [0.2, 0.25) is 5.02 Å². The maximum atomic E-state index is 6.19. The van der Waals surface area contributed by atoms with Gasteiger partial charge in [-0.15, -0.1) is 0 Å². The molecule has 0 spiro atoms. The van der Waals surface area contributed by atoms with Gasteiger partial charge in [-0.1, -0.05) is 30.7 Å². The molecule has 2 aromatic rings. The predicted molar refractivity (Wildman–Crippen MR) is 77.1 cm³/mol. The third-order valence-corrected chi connectivity index (χ3v) is 3.20. The van der Waals surface area contributed by atoms with Gasteiger partial charge in [-0.2, -0.15) is 5.10 Å². The fraction of sp³-hybridized carbons (Fsp3) is 0.429. The second kappa shape index (κ2) is 6.68. The Bertz CT molecular complexity index is 524. The van der Waals surface area contributed by atoms with Crippen LogP contribution in [0.1, 0.15) is 24.7 Å². The molecule has 0 bridgehead atoms. The normalized spacial score (nSPS) is 12.6. The van der Waals surface area contributed by atoms with E-state index in [4.69, 9.17) is 17.3 Å². The summed E-state index contributed by atoms with van der Waals surface area (Å²) >= 11 is 5.97. The Balaban J connectivity index is 1.97. The van der Waals surface area contributed by atoms with E-state index >= 15 is 0 Å². The molecule has 0 saturated carbocycles. The quantitative estimate of drug-likeness (QED) is 0.883. The minimum absolute atomic E-state index is 0.0262. The smallest absolute Gasteiger partial charge is 0.138 e. The number of halogens is 1. The molecule has 0 aliphatic rings. The second-order valence-corrected chi connectivity index (χ2v) is 5.13. The van der Waals surface area contributed by atoms with Crippen molar-refractivity contribution in [1.82, 2.24) is 14.8 Å². The van der Waals surface area contributed by atoms with Gasteiger partial charge in [0, 0.05) is 24.0 Å². The van der Waals surface area contributed by atoms with Crippen LogP contribution >= 0.6 is 11.6 Å². The van der Waals surface area contributed by atoms with Gasteiger partial charge in [-0.25, -0.2) is 4.98 Å². The molecule has 0 amide bonds. The lowest BCUT2D eigenvalue weighted by Crippen LogP contribution is -2.27. The van der Waals surface area contributed by atoms with Gasteiger partial charge < -0.3 is 5.73 Å². The molecule has 1 aromatic heterocycles. The molecule has 1 heterocycles. The van der Waals surface area contributed by atoms with Crippen molar-refractivity contribution in [3.05, 3.63) is 47.0 Å². The number of aromatic nitrogens is 3. The Morgan fingerprint density at radius 1 is 1.37 bits per heavy atom. The van der Waals surface area contributed by atoms with E-state index in [1.165, 1.54) is 0 Å². The summed E-state index contributed by atoms with van der Waals surface area (Å²) < 4.78 is 1.93. The number of nitrogens with zero attached hydrogens (tertiary/aromatic N) is 3. The van der Waals surface area contributed by atoms with E-state index in [-0.39, 0.29) is 6.04 Å². The lowest BCUT2D eigenvalue weighted by atomic mass is 10.0. The summed E-state index contributed by atoms with van der Waals surface area (Å²) in [4.78, 5) is 4.28. The van der Waals surface area contributed by atoms with Crippen LogP contribution in [0.4, 0.5) is 0 Å². The highest BCUT2D eigenvalue weighted by Crippen LogP contribution is 2.13. The maximum Gasteiger partial charge on any atom is 0.138 e. The van der Waals surface area contributed by atoms with Gasteiger partial charge in [0.15, 0.2) is 0 Å². The number of aryl methyl sites for hydroxylation is 1. The zero-order chi connectivity index (χ0) is 13.7. The summed E-state index contributed by atoms with van der Waals surface area (Å²) in [6.07, 6.45) is 4.16. The number of hydrogen-bond donors (Lipinski definition) is 1. The molecule has 2 rings (SSSR count). The Morgan fingerprint density at radius 3 is 2.95 bits per heavy atom. The lowest BCUT2D eigenvalue weighted by molar-refractivity contribution is 0.540. The van der Waals surface area contributed by atoms with E-state index in [9.17, 15) is 0 Å². The highest BCUT2D eigenvalue weighted by molar-refractivity contribution is 6.30. The third kappa shape index (κ3) is 4.04. The molecule has 0 fully saturated rings. The van der Waals surface area contributed by atoms with Gasteiger partial charge in [0.2, 0.25) is 0 Å². The van der Waals surface area contributed by atoms with Gasteiger partial charge in [0.1, 0.15) is 12.2 Å². The Labute approximate surface area is 118 Å². The summed E-state index contributed by atoms with van der Waals surface area (Å²) in [6, 6.07) is 7.84. The van der Waals surface area contributed by atoms with E-state index in [1.54, 1.807) is 6.33 Å². The second-order valence-electron chi connectivity index (χ2n) is 4.70. The highest BCUT2D eigenvalue weighted by Gasteiger charge is 2.10. The predicted octanol–water partition coefficient (Wildman–Crippen LogP) is 2.45. The number of benzene rings is 1. The molecule has 1 aromatic carbocycles. The van der Waals surface area contributed by atoms with Crippen LogP contribution in [0.15, 0.2) is 30.6 Å². The lowest BCUT2D eigenvalue weighted by Gasteiger charge is -2.12. The summed E-state index contributed by atoms with van der Waals surface area (Å²) in [7, 11) is 0. The molecule has 0 radical (unpaired) electrons. The van der Waals surface area contributed by atoms with Crippen molar-refractivity contribution < 1.29 is 0 Å². The molecule has 102 valence electrons. The zero-order valence-electron chi connectivity index (χ0n) is 11.1. The van der Waals surface area contributed by atoms with Crippen molar-refractivity contribution >= 4 is 11.6 Å². The third-order valence-electron chi connectivity index (χ3n) is 2.96. The first-order chi connectivity index (χ1) is 9.19. The Morgan fingerprint density at radius 2 is 2.21 bits per heavy atom. The first-order valence-corrected chi connectivity index (χ1v) is 6.93. The molecule has 0 aliphatic carbocycles. The fourth-order valence-corrected chi connectivity index (χ4v) is 2.33. The Hall–Kier alpha value is -1.39. The van der Waals surface area contributed by atoms with Crippen LogP contribution in [-0.2, 0) is 19.4 Å². The van der Waals surface area contributed by atoms with Crippen molar-refractivity contribution in [1.29, 1.82) is 0 Å². The topological polar surface area (TPSA) is 56.7 Å². The van der Waals surface area contributed by atoms with Crippen molar-refractivity contribution in [3.63, 3.8) is 0 Å². The molecule has 4 nitrogen and oxygen atoms in total. The van der Waals surface area contributed by atoms with E-state index in [0.717, 1.165) is 42.2 Å². The van der Waals surface area contributed by atoms with Crippen LogP contribution in [0, 0.1) is 0 Å². The van der Waals surface area contributed by atoms with Gasteiger partial charge >= 0.3 is 0 Å². The van der Waals surface area contributed by atoms with Crippen LogP contribution in [0.25, 0.3) is 0 Å². The van der Waals surface area contributed by atoms with E-state index in [1.807, 2.05) is 28.9 Å². The summed E-state index contributed by atoms with van der Waals surface area (Å²) in [5.74, 6) is 0.955. The SMILES string of the molecule is CCCn1ncnc1CC(N)Cc1cccc(Cl)c1. The standard InChI is InChI=1S/C14H19ClN4/c1-2-6-19-14(17-10-18-19)9-13(16)8-11-4-3-5-12(15)7-11/h3-5,7,10,13H,2,6,8-9,16H2,1H3. The highest BCUT2D eigenvalue weighted by atomic mass is 35.5. The minimum Gasteiger partial charge on any atom is -0.327 e. The molecular formula is C14H19ClN4. The largest absolute Gasteiger partial charge is 0.327 e. The van der Waals surface area contributed by atoms with Crippen molar-refractivity contribution in [2.75, 3.05) is 0 Å². The van der Waals surface area contributed by atoms with Gasteiger partial charge in [-0.05, 0) is 30.5 Å². The van der Waals surface area contributed by atoms with Crippen LogP contribution in [0.3, 0.4) is 0 Å². The zero-order valence-corrected chi connectivity index (χ0v) is 11.8. The van der Waals surface area contributed by atoms with Crippen LogP contribution < -0.4 is 5.73 Å². The fourth-order valence-electron chi connectivity index (χ4n) is 2.12. The van der Waals surface area contributed by atoms with E-state index < -0.39 is 0 Å². The molecular weight excluding hydrogens is 260 g/mol. The first kappa shape index (κ1) is 14.0. The van der Waals surface area contributed by atoms with Crippen LogP contribution in [0.5, 0.6) is 0 Å². The summed E-state index contributed by atoms with van der Waals surface area (Å²) in [5.41, 5.74) is 7.34. The average Bonchev–Trinajstić information content (AvgIpc) is 2.77.